The maximum absolute atomic E-state index is 12.5. The number of hydrogen-bond donors (Lipinski definition) is 2. The first kappa shape index (κ1) is 22.7. The van der Waals surface area contributed by atoms with Gasteiger partial charge in [0, 0.05) is 20.1 Å². The smallest absolute Gasteiger partial charge is 0.410 e. The number of hydrazine groups is 1. The number of rotatable bonds is 7. The molecule has 0 unspecified atom stereocenters. The van der Waals surface area contributed by atoms with E-state index in [-0.39, 0.29) is 18.8 Å². The topological polar surface area (TPSA) is 107 Å². The van der Waals surface area contributed by atoms with Crippen molar-refractivity contribution < 1.29 is 14.3 Å². The van der Waals surface area contributed by atoms with Gasteiger partial charge in [0.2, 0.25) is 0 Å². The van der Waals surface area contributed by atoms with Gasteiger partial charge in [0.05, 0.1) is 28.9 Å². The zero-order chi connectivity index (χ0) is 22.7. The summed E-state index contributed by atoms with van der Waals surface area (Å²) in [5, 5.41) is 1.40. The molecule has 2 heterocycles. The minimum absolute atomic E-state index is 0.00459. The van der Waals surface area contributed by atoms with Gasteiger partial charge in [-0.25, -0.2) is 15.6 Å². The van der Waals surface area contributed by atoms with Gasteiger partial charge in [0.1, 0.15) is 12.4 Å². The zero-order valence-electron chi connectivity index (χ0n) is 19.4. The summed E-state index contributed by atoms with van der Waals surface area (Å²) in [6.45, 7) is 3.61. The van der Waals surface area contributed by atoms with E-state index in [0.29, 0.717) is 22.5 Å². The Hall–Kier alpha value is -2.48. The Bertz CT molecular complexity index is 859. The molecular formula is C24H37N5O3. The van der Waals surface area contributed by atoms with Crippen molar-refractivity contribution in [3.8, 4) is 5.75 Å². The van der Waals surface area contributed by atoms with E-state index in [1.54, 1.807) is 11.9 Å². The van der Waals surface area contributed by atoms with Crippen LogP contribution in [0.3, 0.4) is 0 Å². The normalized spacial score (nSPS) is 20.8. The number of likely N-dealkylation sites (N-methyl/N-ethyl adjacent to an activating group) is 1. The molecule has 0 aromatic carbocycles. The third kappa shape index (κ3) is 5.11. The van der Waals surface area contributed by atoms with Gasteiger partial charge in [0.25, 0.3) is 0 Å². The fourth-order valence-electron chi connectivity index (χ4n) is 4.78. The van der Waals surface area contributed by atoms with Crippen LogP contribution in [0.4, 0.5) is 4.79 Å². The van der Waals surface area contributed by atoms with E-state index < -0.39 is 0 Å². The Kier molecular flexibility index (Phi) is 6.79. The molecule has 8 heteroatoms. The summed E-state index contributed by atoms with van der Waals surface area (Å²) in [6.07, 6.45) is 10.1. The first-order chi connectivity index (χ1) is 15.4. The molecule has 176 valence electrons. The molecule has 1 aromatic rings. The SMILES string of the molecule is CCc1nc(/C(N)=C(\COC(=O)N2CCC3(CC3)C2)N(C)N)ccc1OC1CCCCC1. The molecule has 8 nitrogen and oxygen atoms in total. The second kappa shape index (κ2) is 9.57. The molecule has 32 heavy (non-hydrogen) atoms. The van der Waals surface area contributed by atoms with Gasteiger partial charge in [0.15, 0.2) is 0 Å². The highest BCUT2D eigenvalue weighted by Gasteiger charge is 2.49. The summed E-state index contributed by atoms with van der Waals surface area (Å²) in [6, 6.07) is 3.80. The lowest BCUT2D eigenvalue weighted by molar-refractivity contribution is 0.111. The van der Waals surface area contributed by atoms with E-state index in [0.717, 1.165) is 50.2 Å². The van der Waals surface area contributed by atoms with Crippen molar-refractivity contribution in [1.82, 2.24) is 14.9 Å². The zero-order valence-corrected chi connectivity index (χ0v) is 19.4. The number of nitrogens with zero attached hydrogens (tertiary/aromatic N) is 3. The van der Waals surface area contributed by atoms with Gasteiger partial charge in [-0.15, -0.1) is 0 Å². The number of aryl methyl sites for hydroxylation is 1. The third-order valence-electron chi connectivity index (χ3n) is 7.11. The lowest BCUT2D eigenvalue weighted by atomic mass is 9.98. The molecule has 1 spiro atoms. The molecule has 4 rings (SSSR count). The Morgan fingerprint density at radius 2 is 2.00 bits per heavy atom. The van der Waals surface area contributed by atoms with Crippen LogP contribution >= 0.6 is 0 Å². The molecule has 0 bridgehead atoms. The highest BCUT2D eigenvalue weighted by molar-refractivity contribution is 5.69. The van der Waals surface area contributed by atoms with Crippen LogP contribution in [0.2, 0.25) is 0 Å². The van der Waals surface area contributed by atoms with Gasteiger partial charge in [-0.1, -0.05) is 13.3 Å². The Morgan fingerprint density at radius 1 is 1.25 bits per heavy atom. The third-order valence-corrected chi connectivity index (χ3v) is 7.11. The predicted molar refractivity (Wildman–Crippen MR) is 123 cm³/mol. The Balaban J connectivity index is 1.45. The van der Waals surface area contributed by atoms with Crippen LogP contribution in [0.1, 0.15) is 69.7 Å². The van der Waals surface area contributed by atoms with Crippen molar-refractivity contribution in [3.63, 3.8) is 0 Å². The number of hydrogen-bond acceptors (Lipinski definition) is 7. The van der Waals surface area contributed by atoms with Crippen LogP contribution in [0.15, 0.2) is 17.8 Å². The highest BCUT2D eigenvalue weighted by Crippen LogP contribution is 2.52. The second-order valence-electron chi connectivity index (χ2n) is 9.57. The van der Waals surface area contributed by atoms with Gasteiger partial charge in [-0.05, 0) is 68.9 Å². The quantitative estimate of drug-likeness (QED) is 0.491. The number of carbonyl (C=O) groups is 1. The van der Waals surface area contributed by atoms with E-state index in [4.69, 9.17) is 26.0 Å². The van der Waals surface area contributed by atoms with Crippen molar-refractivity contribution in [3.05, 3.63) is 29.2 Å². The predicted octanol–water partition coefficient (Wildman–Crippen LogP) is 3.41. The fraction of sp³-hybridized carbons (Fsp3) is 0.667. The molecule has 2 saturated carbocycles. The maximum atomic E-state index is 12.5. The molecule has 3 aliphatic rings. The number of pyridine rings is 1. The molecule has 3 fully saturated rings. The van der Waals surface area contributed by atoms with Crippen molar-refractivity contribution in [2.75, 3.05) is 26.7 Å². The molecule has 1 amide bonds. The summed E-state index contributed by atoms with van der Waals surface area (Å²) in [7, 11) is 1.69. The lowest BCUT2D eigenvalue weighted by Crippen LogP contribution is -2.34. The number of ether oxygens (including phenoxy) is 2. The summed E-state index contributed by atoms with van der Waals surface area (Å²) in [4.78, 5) is 19.1. The van der Waals surface area contributed by atoms with Gasteiger partial charge in [-0.3, -0.25) is 0 Å². The second-order valence-corrected chi connectivity index (χ2v) is 9.57. The lowest BCUT2D eigenvalue weighted by Gasteiger charge is -2.24. The molecule has 1 aliphatic heterocycles. The number of nitrogens with two attached hydrogens (primary N) is 2. The van der Waals surface area contributed by atoms with Crippen LogP contribution in [0, 0.1) is 5.41 Å². The minimum Gasteiger partial charge on any atom is -0.489 e. The van der Waals surface area contributed by atoms with Crippen molar-refractivity contribution in [2.45, 2.75) is 70.8 Å². The molecule has 0 atom stereocenters. The van der Waals surface area contributed by atoms with Gasteiger partial charge < -0.3 is 25.1 Å². The molecule has 0 radical (unpaired) electrons. The van der Waals surface area contributed by atoms with Crippen LogP contribution in [0.25, 0.3) is 5.70 Å². The summed E-state index contributed by atoms with van der Waals surface area (Å²) in [5.41, 5.74) is 9.22. The number of carbonyl (C=O) groups excluding carboxylic acids is 1. The van der Waals surface area contributed by atoms with E-state index in [1.807, 2.05) is 12.1 Å². The van der Waals surface area contributed by atoms with E-state index in [9.17, 15) is 4.79 Å². The Labute approximate surface area is 190 Å². The summed E-state index contributed by atoms with van der Waals surface area (Å²) < 4.78 is 11.8. The van der Waals surface area contributed by atoms with E-state index in [1.165, 1.54) is 37.1 Å². The van der Waals surface area contributed by atoms with Crippen LogP contribution in [0.5, 0.6) is 5.75 Å². The molecule has 4 N–H and O–H groups in total. The fourth-order valence-corrected chi connectivity index (χ4v) is 4.78. The number of likely N-dealkylation sites (tertiary alicyclic amines) is 1. The summed E-state index contributed by atoms with van der Waals surface area (Å²) in [5.74, 6) is 6.86. The van der Waals surface area contributed by atoms with Gasteiger partial charge in [-0.2, -0.15) is 0 Å². The molecule has 2 aliphatic carbocycles. The van der Waals surface area contributed by atoms with Crippen molar-refractivity contribution >= 4 is 11.8 Å². The summed E-state index contributed by atoms with van der Waals surface area (Å²) >= 11 is 0. The average molecular weight is 444 g/mol. The van der Waals surface area contributed by atoms with Crippen LogP contribution < -0.4 is 16.3 Å². The van der Waals surface area contributed by atoms with Crippen LogP contribution in [-0.2, 0) is 11.2 Å². The standard InChI is InChI=1S/C24H37N5O3/c1-3-18-21(32-17-7-5-4-6-8-17)10-9-19(27-18)22(25)20(28(2)26)15-31-23(30)29-14-13-24(16-29)11-12-24/h9-10,17H,3-8,11-16,25-26H2,1-2H3/b22-20-. The van der Waals surface area contributed by atoms with E-state index >= 15 is 0 Å². The minimum atomic E-state index is -0.306. The molecular weight excluding hydrogens is 406 g/mol. The average Bonchev–Trinajstić information content (AvgIpc) is 3.42. The molecule has 1 aromatic heterocycles. The van der Waals surface area contributed by atoms with E-state index in [2.05, 4.69) is 6.92 Å². The Morgan fingerprint density at radius 3 is 2.62 bits per heavy atom. The van der Waals surface area contributed by atoms with Crippen LogP contribution in [-0.4, -0.2) is 53.8 Å². The highest BCUT2D eigenvalue weighted by atomic mass is 16.6. The van der Waals surface area contributed by atoms with Crippen molar-refractivity contribution in [1.29, 1.82) is 0 Å². The largest absolute Gasteiger partial charge is 0.489 e. The molecule has 1 saturated heterocycles. The first-order valence-corrected chi connectivity index (χ1v) is 12.0. The number of amides is 1. The number of aromatic nitrogens is 1. The maximum Gasteiger partial charge on any atom is 0.410 e. The monoisotopic (exact) mass is 443 g/mol. The first-order valence-electron chi connectivity index (χ1n) is 12.0. The van der Waals surface area contributed by atoms with Crippen molar-refractivity contribution in [2.24, 2.45) is 17.0 Å². The van der Waals surface area contributed by atoms with Gasteiger partial charge >= 0.3 is 6.09 Å².